The highest BCUT2D eigenvalue weighted by Gasteiger charge is 1.78. The lowest BCUT2D eigenvalue weighted by Gasteiger charge is -1.96. The van der Waals surface area contributed by atoms with E-state index < -0.39 is 0 Å². The van der Waals surface area contributed by atoms with Gasteiger partial charge >= 0.3 is 0 Å². The third kappa shape index (κ3) is 4.70. The lowest BCUT2D eigenvalue weighted by molar-refractivity contribution is 0.853. The average molecular weight is 140 g/mol. The second-order valence-corrected chi connectivity index (χ2v) is 1.51. The minimum absolute atomic E-state index is 0.459. The van der Waals surface area contributed by atoms with E-state index in [-0.39, 0.29) is 0 Å². The molecule has 4 N–H and O–H groups in total. The van der Waals surface area contributed by atoms with Crippen molar-refractivity contribution in [3.05, 3.63) is 24.7 Å². The van der Waals surface area contributed by atoms with Gasteiger partial charge in [0.25, 0.3) is 0 Å². The summed E-state index contributed by atoms with van der Waals surface area (Å²) in [7, 11) is 1.76. The summed E-state index contributed by atoms with van der Waals surface area (Å²) in [6, 6.07) is 0. The third-order valence-corrected chi connectivity index (χ3v) is 0.673. The van der Waals surface area contributed by atoms with Gasteiger partial charge in [-0.05, 0) is 6.08 Å². The fourth-order valence-electron chi connectivity index (χ4n) is 0.352. The molecule has 0 radical (unpaired) electrons. The van der Waals surface area contributed by atoms with E-state index in [2.05, 4.69) is 22.4 Å². The first-order valence-corrected chi connectivity index (χ1v) is 2.84. The highest BCUT2D eigenvalue weighted by atomic mass is 15.3. The van der Waals surface area contributed by atoms with Crippen molar-refractivity contribution >= 4 is 6.21 Å². The number of nitrogens with one attached hydrogen (secondary N) is 2. The average Bonchev–Trinajstić information content (AvgIpc) is 1.89. The van der Waals surface area contributed by atoms with Crippen LogP contribution in [0.2, 0.25) is 0 Å². The molecule has 0 rings (SSSR count). The summed E-state index contributed by atoms with van der Waals surface area (Å²) in [5.41, 5.74) is 7.92. The Balaban J connectivity index is 3.57. The number of nitrogens with zero attached hydrogens (tertiary/aromatic N) is 1. The van der Waals surface area contributed by atoms with Crippen molar-refractivity contribution in [2.75, 3.05) is 7.05 Å². The van der Waals surface area contributed by atoms with Crippen LogP contribution in [0.15, 0.2) is 29.8 Å². The molecular formula is C6H12N4. The number of hydrogen-bond acceptors (Lipinski definition) is 4. The molecule has 4 nitrogen and oxygen atoms in total. The molecular weight excluding hydrogens is 128 g/mol. The van der Waals surface area contributed by atoms with Gasteiger partial charge < -0.3 is 11.1 Å². The highest BCUT2D eigenvalue weighted by molar-refractivity contribution is 5.69. The molecule has 0 heterocycles. The number of hydrazone groups is 1. The summed E-state index contributed by atoms with van der Waals surface area (Å²) in [5.74, 6) is 0.459. The molecule has 0 amide bonds. The van der Waals surface area contributed by atoms with Gasteiger partial charge in [-0.25, -0.2) is 0 Å². The second kappa shape index (κ2) is 5.68. The highest BCUT2D eigenvalue weighted by Crippen LogP contribution is 1.70. The molecule has 0 saturated carbocycles. The summed E-state index contributed by atoms with van der Waals surface area (Å²) < 4.78 is 0. The van der Waals surface area contributed by atoms with E-state index in [1.807, 2.05) is 0 Å². The maximum atomic E-state index is 5.36. The summed E-state index contributed by atoms with van der Waals surface area (Å²) >= 11 is 0. The summed E-state index contributed by atoms with van der Waals surface area (Å²) in [6.07, 6.45) is 4.66. The van der Waals surface area contributed by atoms with E-state index in [1.54, 1.807) is 19.3 Å². The van der Waals surface area contributed by atoms with Gasteiger partial charge in [-0.2, -0.15) is 5.10 Å². The molecule has 0 unspecified atom stereocenters. The summed E-state index contributed by atoms with van der Waals surface area (Å²) in [4.78, 5) is 0. The van der Waals surface area contributed by atoms with Crippen LogP contribution in [0.25, 0.3) is 0 Å². The Labute approximate surface area is 60.5 Å². The number of rotatable bonds is 4. The van der Waals surface area contributed by atoms with Crippen molar-refractivity contribution in [3.63, 3.8) is 0 Å². The van der Waals surface area contributed by atoms with E-state index >= 15 is 0 Å². The van der Waals surface area contributed by atoms with Gasteiger partial charge in [0.1, 0.15) is 5.82 Å². The predicted octanol–water partition coefficient (Wildman–Crippen LogP) is -0.275. The topological polar surface area (TPSA) is 62.4 Å². The number of hydrogen-bond donors (Lipinski definition) is 3. The quantitative estimate of drug-likeness (QED) is 0.372. The molecule has 0 atom stereocenters. The monoisotopic (exact) mass is 140 g/mol. The molecule has 0 aromatic carbocycles. The third-order valence-electron chi connectivity index (χ3n) is 0.673. The van der Waals surface area contributed by atoms with Gasteiger partial charge in [-0.15, -0.1) is 0 Å². The molecule has 0 aromatic rings. The van der Waals surface area contributed by atoms with Crippen molar-refractivity contribution in [1.82, 2.24) is 10.7 Å². The van der Waals surface area contributed by atoms with Gasteiger partial charge in [-0.1, -0.05) is 6.58 Å². The van der Waals surface area contributed by atoms with Crippen molar-refractivity contribution in [2.45, 2.75) is 0 Å². The molecule has 0 aromatic heterocycles. The number of allylic oxidation sites excluding steroid dienone is 1. The molecule has 0 aliphatic rings. The van der Waals surface area contributed by atoms with Crippen LogP contribution < -0.4 is 16.5 Å². The van der Waals surface area contributed by atoms with E-state index in [9.17, 15) is 0 Å². The zero-order valence-electron chi connectivity index (χ0n) is 5.96. The second-order valence-electron chi connectivity index (χ2n) is 1.51. The molecule has 0 aliphatic carbocycles. The fourth-order valence-corrected chi connectivity index (χ4v) is 0.352. The number of nitrogens with two attached hydrogens (primary N) is 1. The van der Waals surface area contributed by atoms with Crippen LogP contribution in [0.1, 0.15) is 0 Å². The maximum Gasteiger partial charge on any atom is 0.133 e. The van der Waals surface area contributed by atoms with Crippen molar-refractivity contribution < 1.29 is 0 Å². The molecule has 0 bridgehead atoms. The Morgan fingerprint density at radius 3 is 2.90 bits per heavy atom. The first kappa shape index (κ1) is 8.55. The molecule has 4 heteroatoms. The van der Waals surface area contributed by atoms with Crippen LogP contribution in [-0.2, 0) is 0 Å². The lowest BCUT2D eigenvalue weighted by atomic mass is 10.7. The lowest BCUT2D eigenvalue weighted by Crippen LogP contribution is -2.16. The molecule has 0 saturated heterocycles. The van der Waals surface area contributed by atoms with Crippen LogP contribution in [0.4, 0.5) is 0 Å². The minimum Gasteiger partial charge on any atom is -0.391 e. The van der Waals surface area contributed by atoms with Gasteiger partial charge in [-0.3, -0.25) is 5.43 Å². The van der Waals surface area contributed by atoms with E-state index in [0.717, 1.165) is 0 Å². The minimum atomic E-state index is 0.459. The van der Waals surface area contributed by atoms with E-state index in [1.165, 1.54) is 6.21 Å². The molecule has 56 valence electrons. The zero-order valence-corrected chi connectivity index (χ0v) is 5.96. The van der Waals surface area contributed by atoms with E-state index in [4.69, 9.17) is 5.73 Å². The van der Waals surface area contributed by atoms with Crippen molar-refractivity contribution in [1.29, 1.82) is 0 Å². The van der Waals surface area contributed by atoms with Crippen LogP contribution in [-0.4, -0.2) is 13.3 Å². The first-order valence-electron chi connectivity index (χ1n) is 2.84. The van der Waals surface area contributed by atoms with Crippen LogP contribution in [0.3, 0.4) is 0 Å². The standard InChI is InChI=1S/C6H12N4/c1-3-4-9-10-6(7)5-8-2/h3-5,8,10H,1,7H2,2H3/b6-5-,9-4-. The Kier molecular flexibility index (Phi) is 4.86. The molecule has 0 aliphatic heterocycles. The first-order chi connectivity index (χ1) is 4.81. The van der Waals surface area contributed by atoms with Crippen LogP contribution in [0, 0.1) is 0 Å². The van der Waals surface area contributed by atoms with Crippen LogP contribution >= 0.6 is 0 Å². The van der Waals surface area contributed by atoms with Crippen molar-refractivity contribution in [2.24, 2.45) is 10.8 Å². The van der Waals surface area contributed by atoms with Gasteiger partial charge in [0.2, 0.25) is 0 Å². The smallest absolute Gasteiger partial charge is 0.133 e. The Morgan fingerprint density at radius 1 is 1.70 bits per heavy atom. The van der Waals surface area contributed by atoms with Crippen LogP contribution in [0.5, 0.6) is 0 Å². The normalized spacial score (nSPS) is 11.5. The summed E-state index contributed by atoms with van der Waals surface area (Å²) in [5, 5.41) is 6.43. The molecule has 0 fully saturated rings. The molecule has 0 spiro atoms. The van der Waals surface area contributed by atoms with Crippen molar-refractivity contribution in [3.8, 4) is 0 Å². The van der Waals surface area contributed by atoms with E-state index in [0.29, 0.717) is 5.82 Å². The Morgan fingerprint density at radius 2 is 2.40 bits per heavy atom. The Hall–Kier alpha value is -1.45. The zero-order chi connectivity index (χ0) is 7.82. The Bertz CT molecular complexity index is 148. The van der Waals surface area contributed by atoms with Gasteiger partial charge in [0, 0.05) is 19.5 Å². The SMILES string of the molecule is C=C/C=N\N/C(N)=C\NC. The fraction of sp³-hybridized carbons (Fsp3) is 0.167. The summed E-state index contributed by atoms with van der Waals surface area (Å²) in [6.45, 7) is 3.44. The largest absolute Gasteiger partial charge is 0.391 e. The maximum absolute atomic E-state index is 5.36. The molecule has 10 heavy (non-hydrogen) atoms. The van der Waals surface area contributed by atoms with Gasteiger partial charge in [0.15, 0.2) is 0 Å². The predicted molar refractivity (Wildman–Crippen MR) is 43.2 cm³/mol. The van der Waals surface area contributed by atoms with Gasteiger partial charge in [0.05, 0.1) is 0 Å².